The molecule has 0 fully saturated rings. The van der Waals surface area contributed by atoms with Crippen molar-refractivity contribution in [3.05, 3.63) is 29.8 Å². The molecule has 18 heavy (non-hydrogen) atoms. The summed E-state index contributed by atoms with van der Waals surface area (Å²) in [6, 6.07) is 7.37. The van der Waals surface area contributed by atoms with Gasteiger partial charge in [0.25, 0.3) is 0 Å². The molecule has 1 aromatic rings. The summed E-state index contributed by atoms with van der Waals surface area (Å²) in [6.45, 7) is 5.40. The summed E-state index contributed by atoms with van der Waals surface area (Å²) in [7, 11) is 0. The number of rotatable bonds is 8. The van der Waals surface area contributed by atoms with Crippen molar-refractivity contribution in [2.24, 2.45) is 11.7 Å². The first kappa shape index (κ1) is 14.7. The van der Waals surface area contributed by atoms with E-state index in [9.17, 15) is 4.79 Å². The lowest BCUT2D eigenvalue weighted by atomic mass is 9.96. The SMILES string of the molecule is CCCOc1ccc(C(=O)CC(CC)CN)cc1. The summed E-state index contributed by atoms with van der Waals surface area (Å²) in [5.74, 6) is 1.27. The fraction of sp³-hybridized carbons (Fsp3) is 0.533. The maximum atomic E-state index is 12.0. The van der Waals surface area contributed by atoms with Gasteiger partial charge in [-0.05, 0) is 43.1 Å². The minimum atomic E-state index is 0.161. The molecule has 0 radical (unpaired) electrons. The van der Waals surface area contributed by atoms with Crippen molar-refractivity contribution in [3.63, 3.8) is 0 Å². The van der Waals surface area contributed by atoms with E-state index >= 15 is 0 Å². The Morgan fingerprint density at radius 1 is 1.28 bits per heavy atom. The van der Waals surface area contributed by atoms with Crippen LogP contribution in [0.2, 0.25) is 0 Å². The van der Waals surface area contributed by atoms with E-state index in [1.54, 1.807) is 0 Å². The zero-order valence-corrected chi connectivity index (χ0v) is 11.3. The van der Waals surface area contributed by atoms with Crippen LogP contribution >= 0.6 is 0 Å². The molecule has 0 heterocycles. The zero-order chi connectivity index (χ0) is 13.4. The second kappa shape index (κ2) is 7.88. The number of carbonyl (C=O) groups excluding carboxylic acids is 1. The fourth-order valence-electron chi connectivity index (χ4n) is 1.73. The largest absolute Gasteiger partial charge is 0.494 e. The van der Waals surface area contributed by atoms with Gasteiger partial charge in [0.15, 0.2) is 5.78 Å². The summed E-state index contributed by atoms with van der Waals surface area (Å²) in [4.78, 5) is 12.0. The number of benzene rings is 1. The molecule has 1 atom stereocenters. The van der Waals surface area contributed by atoms with Crippen molar-refractivity contribution < 1.29 is 9.53 Å². The fourth-order valence-corrected chi connectivity index (χ4v) is 1.73. The highest BCUT2D eigenvalue weighted by Gasteiger charge is 2.12. The summed E-state index contributed by atoms with van der Waals surface area (Å²) in [5, 5.41) is 0. The van der Waals surface area contributed by atoms with Crippen LogP contribution in [0.1, 0.15) is 43.5 Å². The molecule has 0 aliphatic rings. The third-order valence-electron chi connectivity index (χ3n) is 3.03. The number of ketones is 1. The Balaban J connectivity index is 2.58. The van der Waals surface area contributed by atoms with Crippen LogP contribution in [0.3, 0.4) is 0 Å². The minimum Gasteiger partial charge on any atom is -0.494 e. The molecule has 100 valence electrons. The Bertz CT molecular complexity index is 355. The molecule has 1 rings (SSSR count). The molecule has 0 aromatic heterocycles. The number of Topliss-reactive ketones (excluding diaryl/α,β-unsaturated/α-hetero) is 1. The summed E-state index contributed by atoms with van der Waals surface area (Å²) in [5.41, 5.74) is 6.36. The minimum absolute atomic E-state index is 0.161. The molecule has 0 bridgehead atoms. The molecule has 3 heteroatoms. The monoisotopic (exact) mass is 249 g/mol. The number of ether oxygens (including phenoxy) is 1. The number of nitrogens with two attached hydrogens (primary N) is 1. The smallest absolute Gasteiger partial charge is 0.163 e. The van der Waals surface area contributed by atoms with Crippen molar-refractivity contribution in [2.45, 2.75) is 33.1 Å². The van der Waals surface area contributed by atoms with E-state index in [1.807, 2.05) is 24.3 Å². The van der Waals surface area contributed by atoms with Crippen LogP contribution in [0.15, 0.2) is 24.3 Å². The van der Waals surface area contributed by atoms with Gasteiger partial charge in [-0.25, -0.2) is 0 Å². The van der Waals surface area contributed by atoms with E-state index in [0.29, 0.717) is 19.6 Å². The van der Waals surface area contributed by atoms with Crippen LogP contribution in [0.25, 0.3) is 0 Å². The molecule has 1 aromatic carbocycles. The van der Waals surface area contributed by atoms with Crippen LogP contribution in [-0.2, 0) is 0 Å². The number of hydrogen-bond donors (Lipinski definition) is 1. The lowest BCUT2D eigenvalue weighted by molar-refractivity contribution is 0.0961. The molecule has 3 nitrogen and oxygen atoms in total. The highest BCUT2D eigenvalue weighted by atomic mass is 16.5. The van der Waals surface area contributed by atoms with E-state index in [-0.39, 0.29) is 11.7 Å². The van der Waals surface area contributed by atoms with Gasteiger partial charge >= 0.3 is 0 Å². The Kier molecular flexibility index (Phi) is 6.44. The van der Waals surface area contributed by atoms with Gasteiger partial charge in [-0.2, -0.15) is 0 Å². The Morgan fingerprint density at radius 3 is 2.44 bits per heavy atom. The predicted molar refractivity (Wildman–Crippen MR) is 74.0 cm³/mol. The van der Waals surface area contributed by atoms with E-state index in [4.69, 9.17) is 10.5 Å². The standard InChI is InChI=1S/C15H23NO2/c1-3-9-18-14-7-5-13(6-8-14)15(17)10-12(4-2)11-16/h5-8,12H,3-4,9-11,16H2,1-2H3. The third-order valence-corrected chi connectivity index (χ3v) is 3.03. The van der Waals surface area contributed by atoms with E-state index < -0.39 is 0 Å². The summed E-state index contributed by atoms with van der Waals surface area (Å²) < 4.78 is 5.48. The van der Waals surface area contributed by atoms with Crippen LogP contribution in [-0.4, -0.2) is 18.9 Å². The molecule has 1 unspecified atom stereocenters. The van der Waals surface area contributed by atoms with E-state index in [0.717, 1.165) is 24.2 Å². The quantitative estimate of drug-likeness (QED) is 0.720. The molecule has 0 spiro atoms. The molecule has 2 N–H and O–H groups in total. The van der Waals surface area contributed by atoms with Gasteiger partial charge in [0.2, 0.25) is 0 Å². The van der Waals surface area contributed by atoms with Gasteiger partial charge in [0, 0.05) is 12.0 Å². The van der Waals surface area contributed by atoms with Crippen molar-refractivity contribution in [3.8, 4) is 5.75 Å². The van der Waals surface area contributed by atoms with Gasteiger partial charge in [-0.3, -0.25) is 4.79 Å². The van der Waals surface area contributed by atoms with Crippen LogP contribution in [0.5, 0.6) is 5.75 Å². The first-order chi connectivity index (χ1) is 8.71. The van der Waals surface area contributed by atoms with Crippen LogP contribution < -0.4 is 10.5 Å². The van der Waals surface area contributed by atoms with Gasteiger partial charge in [0.1, 0.15) is 5.75 Å². The Hall–Kier alpha value is -1.35. The normalized spacial score (nSPS) is 12.2. The van der Waals surface area contributed by atoms with Gasteiger partial charge < -0.3 is 10.5 Å². The number of hydrogen-bond acceptors (Lipinski definition) is 3. The maximum absolute atomic E-state index is 12.0. The van der Waals surface area contributed by atoms with Crippen LogP contribution in [0, 0.1) is 5.92 Å². The van der Waals surface area contributed by atoms with Crippen molar-refractivity contribution in [1.82, 2.24) is 0 Å². The van der Waals surface area contributed by atoms with Crippen molar-refractivity contribution in [1.29, 1.82) is 0 Å². The van der Waals surface area contributed by atoms with Gasteiger partial charge in [-0.1, -0.05) is 20.3 Å². The highest BCUT2D eigenvalue weighted by Crippen LogP contribution is 2.16. The van der Waals surface area contributed by atoms with Crippen molar-refractivity contribution >= 4 is 5.78 Å². The molecule has 0 amide bonds. The lowest BCUT2D eigenvalue weighted by Gasteiger charge is -2.11. The third kappa shape index (κ3) is 4.49. The molecular formula is C15H23NO2. The van der Waals surface area contributed by atoms with E-state index in [1.165, 1.54) is 0 Å². The summed E-state index contributed by atoms with van der Waals surface area (Å²) in [6.07, 6.45) is 2.46. The highest BCUT2D eigenvalue weighted by molar-refractivity contribution is 5.96. The second-order valence-corrected chi connectivity index (χ2v) is 4.51. The summed E-state index contributed by atoms with van der Waals surface area (Å²) >= 11 is 0. The Morgan fingerprint density at radius 2 is 1.94 bits per heavy atom. The molecular weight excluding hydrogens is 226 g/mol. The average Bonchev–Trinajstić information content (AvgIpc) is 2.42. The van der Waals surface area contributed by atoms with Gasteiger partial charge in [0.05, 0.1) is 6.61 Å². The molecule has 0 aliphatic heterocycles. The van der Waals surface area contributed by atoms with E-state index in [2.05, 4.69) is 13.8 Å². The van der Waals surface area contributed by atoms with Crippen LogP contribution in [0.4, 0.5) is 0 Å². The second-order valence-electron chi connectivity index (χ2n) is 4.51. The molecule has 0 saturated carbocycles. The van der Waals surface area contributed by atoms with Gasteiger partial charge in [-0.15, -0.1) is 0 Å². The number of carbonyl (C=O) groups is 1. The lowest BCUT2D eigenvalue weighted by Crippen LogP contribution is -2.17. The first-order valence-electron chi connectivity index (χ1n) is 6.67. The Labute approximate surface area is 109 Å². The maximum Gasteiger partial charge on any atom is 0.163 e. The average molecular weight is 249 g/mol. The van der Waals surface area contributed by atoms with Crippen molar-refractivity contribution in [2.75, 3.05) is 13.2 Å². The first-order valence-corrected chi connectivity index (χ1v) is 6.67. The topological polar surface area (TPSA) is 52.3 Å². The molecule has 0 saturated heterocycles. The molecule has 0 aliphatic carbocycles. The zero-order valence-electron chi connectivity index (χ0n) is 11.3. The predicted octanol–water partition coefficient (Wildman–Crippen LogP) is 3.03.